The van der Waals surface area contributed by atoms with E-state index in [1.165, 1.54) is 5.39 Å². The molecule has 0 fully saturated rings. The Labute approximate surface area is 196 Å². The first-order valence-electron chi connectivity index (χ1n) is 11.4. The van der Waals surface area contributed by atoms with Crippen molar-refractivity contribution in [3.63, 3.8) is 0 Å². The molecule has 0 aliphatic rings. The van der Waals surface area contributed by atoms with Crippen molar-refractivity contribution in [3.8, 4) is 22.4 Å². The number of hydrogen-bond acceptors (Lipinski definition) is 3. The minimum absolute atomic E-state index is 0.874. The molecule has 0 saturated heterocycles. The van der Waals surface area contributed by atoms with Crippen molar-refractivity contribution < 1.29 is 4.42 Å². The molecule has 0 bridgehead atoms. The third-order valence-electron chi connectivity index (χ3n) is 6.68. The number of aromatic nitrogens is 2. The average molecular weight is 437 g/mol. The smallest absolute Gasteiger partial charge is 0.144 e. The number of nitrogens with zero attached hydrogens (tertiary/aromatic N) is 2. The average Bonchev–Trinajstić information content (AvgIpc) is 3.28. The molecule has 3 heteroatoms. The van der Waals surface area contributed by atoms with Gasteiger partial charge in [-0.25, -0.2) is 0 Å². The second kappa shape index (κ2) is 7.26. The summed E-state index contributed by atoms with van der Waals surface area (Å²) in [5.41, 5.74) is 8.15. The molecule has 4 aromatic carbocycles. The number of aryl methyl sites for hydroxylation is 1. The Bertz CT molecular complexity index is 1880. The largest absolute Gasteiger partial charge is 0.455 e. The van der Waals surface area contributed by atoms with E-state index in [0.717, 1.165) is 66.2 Å². The number of benzene rings is 4. The molecular weight excluding hydrogens is 416 g/mol. The van der Waals surface area contributed by atoms with E-state index in [9.17, 15) is 0 Å². The molecule has 0 amide bonds. The van der Waals surface area contributed by atoms with Gasteiger partial charge in [0.05, 0.1) is 11.2 Å². The summed E-state index contributed by atoms with van der Waals surface area (Å²) in [7, 11) is 0. The van der Waals surface area contributed by atoms with Gasteiger partial charge in [-0.1, -0.05) is 54.6 Å². The van der Waals surface area contributed by atoms with E-state index in [4.69, 9.17) is 9.40 Å². The first-order valence-corrected chi connectivity index (χ1v) is 11.4. The van der Waals surface area contributed by atoms with Gasteiger partial charge in [-0.15, -0.1) is 0 Å². The Morgan fingerprint density at radius 1 is 0.618 bits per heavy atom. The maximum atomic E-state index is 6.54. The predicted molar refractivity (Wildman–Crippen MR) is 140 cm³/mol. The highest BCUT2D eigenvalue weighted by atomic mass is 16.3. The number of rotatable bonds is 2. The summed E-state index contributed by atoms with van der Waals surface area (Å²) in [6.45, 7) is 2.10. The van der Waals surface area contributed by atoms with Gasteiger partial charge in [0.25, 0.3) is 0 Å². The highest BCUT2D eigenvalue weighted by molar-refractivity contribution is 6.17. The summed E-state index contributed by atoms with van der Waals surface area (Å²) < 4.78 is 6.54. The Hall–Kier alpha value is -4.50. The number of pyridine rings is 2. The molecule has 0 aliphatic heterocycles. The summed E-state index contributed by atoms with van der Waals surface area (Å²) in [5, 5.41) is 5.68. The third kappa shape index (κ3) is 2.84. The standard InChI is InChI=1S/C31H20N2O/c1-19-18-33-29(17-27(19)21-12-14-28-22(16-21)7-5-15-32-28)26-10-4-9-24-25-13-11-20-6-2-3-8-23(20)30(25)34-31(24)26/h2-18H,1H3. The van der Waals surface area contributed by atoms with Crippen molar-refractivity contribution >= 4 is 43.6 Å². The molecule has 0 saturated carbocycles. The van der Waals surface area contributed by atoms with Crippen LogP contribution in [-0.4, -0.2) is 9.97 Å². The quantitative estimate of drug-likeness (QED) is 0.273. The van der Waals surface area contributed by atoms with Gasteiger partial charge >= 0.3 is 0 Å². The van der Waals surface area contributed by atoms with E-state index in [1.54, 1.807) is 0 Å². The van der Waals surface area contributed by atoms with Gasteiger partial charge in [0.1, 0.15) is 11.2 Å². The number of para-hydroxylation sites is 1. The van der Waals surface area contributed by atoms with Crippen LogP contribution in [0.3, 0.4) is 0 Å². The van der Waals surface area contributed by atoms with E-state index in [-0.39, 0.29) is 0 Å². The fraction of sp³-hybridized carbons (Fsp3) is 0.0323. The van der Waals surface area contributed by atoms with E-state index in [1.807, 2.05) is 18.5 Å². The summed E-state index contributed by atoms with van der Waals surface area (Å²) in [5.74, 6) is 0. The highest BCUT2D eigenvalue weighted by Gasteiger charge is 2.16. The molecule has 0 spiro atoms. The summed E-state index contributed by atoms with van der Waals surface area (Å²) in [4.78, 5) is 9.26. The van der Waals surface area contributed by atoms with E-state index in [2.05, 4.69) is 96.8 Å². The summed E-state index contributed by atoms with van der Waals surface area (Å²) in [6, 6.07) is 31.7. The van der Waals surface area contributed by atoms with Crippen LogP contribution in [0, 0.1) is 6.92 Å². The van der Waals surface area contributed by atoms with Gasteiger partial charge in [-0.3, -0.25) is 9.97 Å². The molecule has 0 N–H and O–H groups in total. The number of hydrogen-bond donors (Lipinski definition) is 0. The molecule has 34 heavy (non-hydrogen) atoms. The third-order valence-corrected chi connectivity index (χ3v) is 6.68. The first-order chi connectivity index (χ1) is 16.8. The first kappa shape index (κ1) is 19.0. The van der Waals surface area contributed by atoms with Crippen LogP contribution in [-0.2, 0) is 0 Å². The Morgan fingerprint density at radius 2 is 1.47 bits per heavy atom. The van der Waals surface area contributed by atoms with E-state index >= 15 is 0 Å². The van der Waals surface area contributed by atoms with E-state index < -0.39 is 0 Å². The fourth-order valence-corrected chi connectivity index (χ4v) is 4.95. The highest BCUT2D eigenvalue weighted by Crippen LogP contribution is 2.39. The molecule has 3 heterocycles. The zero-order valence-electron chi connectivity index (χ0n) is 18.6. The van der Waals surface area contributed by atoms with Crippen LogP contribution in [0.25, 0.3) is 66.0 Å². The van der Waals surface area contributed by atoms with Crippen molar-refractivity contribution in [1.82, 2.24) is 9.97 Å². The molecule has 0 aliphatic carbocycles. The molecule has 0 unspecified atom stereocenters. The summed E-state index contributed by atoms with van der Waals surface area (Å²) in [6.07, 6.45) is 3.78. The van der Waals surface area contributed by atoms with Crippen molar-refractivity contribution in [3.05, 3.63) is 109 Å². The maximum absolute atomic E-state index is 6.54. The SMILES string of the molecule is Cc1cnc(-c2cccc3c2oc2c4ccccc4ccc32)cc1-c1ccc2ncccc2c1. The molecule has 0 radical (unpaired) electrons. The predicted octanol–water partition coefficient (Wildman–Crippen LogP) is 8.32. The van der Waals surface area contributed by atoms with Crippen LogP contribution >= 0.6 is 0 Å². The molecule has 7 aromatic rings. The second-order valence-corrected chi connectivity index (χ2v) is 8.74. The van der Waals surface area contributed by atoms with Gasteiger partial charge in [-0.05, 0) is 65.4 Å². The van der Waals surface area contributed by atoms with Gasteiger partial charge in [-0.2, -0.15) is 0 Å². The van der Waals surface area contributed by atoms with Crippen LogP contribution in [0.15, 0.2) is 108 Å². The van der Waals surface area contributed by atoms with Gasteiger partial charge in [0.15, 0.2) is 0 Å². The normalized spacial score (nSPS) is 11.7. The monoisotopic (exact) mass is 436 g/mol. The van der Waals surface area contributed by atoms with Crippen LogP contribution in [0.5, 0.6) is 0 Å². The van der Waals surface area contributed by atoms with Crippen molar-refractivity contribution in [2.75, 3.05) is 0 Å². The number of fused-ring (bicyclic) bond motifs is 6. The molecule has 7 rings (SSSR count). The molecule has 3 aromatic heterocycles. The summed E-state index contributed by atoms with van der Waals surface area (Å²) >= 11 is 0. The molecule has 3 nitrogen and oxygen atoms in total. The Kier molecular flexibility index (Phi) is 4.06. The minimum atomic E-state index is 0.874. The lowest BCUT2D eigenvalue weighted by molar-refractivity contribution is 0.673. The van der Waals surface area contributed by atoms with Crippen molar-refractivity contribution in [2.45, 2.75) is 6.92 Å². The van der Waals surface area contributed by atoms with Crippen LogP contribution in [0.2, 0.25) is 0 Å². The van der Waals surface area contributed by atoms with Crippen LogP contribution in [0.1, 0.15) is 5.56 Å². The van der Waals surface area contributed by atoms with Gasteiger partial charge < -0.3 is 4.42 Å². The molecule has 0 atom stereocenters. The lowest BCUT2D eigenvalue weighted by Crippen LogP contribution is -1.90. The lowest BCUT2D eigenvalue weighted by Gasteiger charge is -2.10. The Balaban J connectivity index is 1.45. The zero-order valence-corrected chi connectivity index (χ0v) is 18.6. The minimum Gasteiger partial charge on any atom is -0.455 e. The topological polar surface area (TPSA) is 38.9 Å². The fourth-order valence-electron chi connectivity index (χ4n) is 4.95. The van der Waals surface area contributed by atoms with E-state index in [0.29, 0.717) is 0 Å². The molecular formula is C31H20N2O. The second-order valence-electron chi connectivity index (χ2n) is 8.74. The van der Waals surface area contributed by atoms with Gasteiger partial charge in [0, 0.05) is 39.5 Å². The lowest BCUT2D eigenvalue weighted by atomic mass is 9.97. The zero-order chi connectivity index (χ0) is 22.6. The maximum Gasteiger partial charge on any atom is 0.144 e. The van der Waals surface area contributed by atoms with Crippen molar-refractivity contribution in [2.24, 2.45) is 0 Å². The number of furan rings is 1. The molecule has 160 valence electrons. The Morgan fingerprint density at radius 3 is 2.44 bits per heavy atom. The van der Waals surface area contributed by atoms with Gasteiger partial charge in [0.2, 0.25) is 0 Å². The van der Waals surface area contributed by atoms with Crippen LogP contribution in [0.4, 0.5) is 0 Å². The van der Waals surface area contributed by atoms with Crippen LogP contribution < -0.4 is 0 Å². The van der Waals surface area contributed by atoms with Crippen molar-refractivity contribution in [1.29, 1.82) is 0 Å².